The van der Waals surface area contributed by atoms with E-state index in [-0.39, 0.29) is 29.6 Å². The summed E-state index contributed by atoms with van der Waals surface area (Å²) in [4.78, 5) is 4.68. The number of ether oxygens (including phenoxy) is 2. The number of halogens is 1. The number of benzene rings is 1. The van der Waals surface area contributed by atoms with Gasteiger partial charge in [-0.15, -0.1) is 30.4 Å². The van der Waals surface area contributed by atoms with E-state index in [9.17, 15) is 0 Å². The van der Waals surface area contributed by atoms with E-state index in [1.165, 1.54) is 5.56 Å². The van der Waals surface area contributed by atoms with Gasteiger partial charge in [0.25, 0.3) is 0 Å². The van der Waals surface area contributed by atoms with Gasteiger partial charge < -0.3 is 20.1 Å². The first-order valence-electron chi connectivity index (χ1n) is 8.96. The summed E-state index contributed by atoms with van der Waals surface area (Å²) in [6.45, 7) is 7.68. The summed E-state index contributed by atoms with van der Waals surface area (Å²) < 4.78 is 11.2. The smallest absolute Gasteiger partial charge is 0.191 e. The van der Waals surface area contributed by atoms with Crippen LogP contribution in [0.4, 0.5) is 0 Å². The fourth-order valence-corrected chi connectivity index (χ4v) is 2.75. The number of hydrogen-bond acceptors (Lipinski definition) is 3. The van der Waals surface area contributed by atoms with Crippen LogP contribution in [0.25, 0.3) is 0 Å². The molecule has 0 amide bonds. The number of nitrogens with zero attached hydrogens (tertiary/aromatic N) is 1. The molecule has 26 heavy (non-hydrogen) atoms. The van der Waals surface area contributed by atoms with Crippen molar-refractivity contribution in [1.29, 1.82) is 0 Å². The van der Waals surface area contributed by atoms with E-state index in [0.29, 0.717) is 13.2 Å². The molecule has 6 heteroatoms. The van der Waals surface area contributed by atoms with E-state index in [2.05, 4.69) is 47.5 Å². The molecule has 1 heterocycles. The largest absolute Gasteiger partial charge is 0.481 e. The zero-order valence-corrected chi connectivity index (χ0v) is 18.0. The molecule has 0 bridgehead atoms. The number of hydrogen-bond donors (Lipinski definition) is 2. The Kier molecular flexibility index (Phi) is 10.4. The highest BCUT2D eigenvalue weighted by Crippen LogP contribution is 2.24. The van der Waals surface area contributed by atoms with E-state index in [1.54, 1.807) is 0 Å². The average molecular weight is 471 g/mol. The number of nitrogens with one attached hydrogen (secondary N) is 2. The molecule has 1 aromatic carbocycles. The third-order valence-electron chi connectivity index (χ3n) is 4.17. The number of aliphatic imine (C=N–C) groups is 1. The van der Waals surface area contributed by atoms with E-state index >= 15 is 0 Å². The van der Waals surface area contributed by atoms with Crippen molar-refractivity contribution in [1.82, 2.24) is 10.6 Å². The van der Waals surface area contributed by atoms with Crippen LogP contribution in [0, 0.1) is 12.3 Å². The topological polar surface area (TPSA) is 54.9 Å². The van der Waals surface area contributed by atoms with Gasteiger partial charge in [-0.05, 0) is 50.8 Å². The van der Waals surface area contributed by atoms with Crippen LogP contribution in [0.2, 0.25) is 0 Å². The second-order valence-electron chi connectivity index (χ2n) is 6.41. The van der Waals surface area contributed by atoms with Crippen molar-refractivity contribution < 1.29 is 9.47 Å². The maximum Gasteiger partial charge on any atom is 0.191 e. The average Bonchev–Trinajstić information content (AvgIpc) is 3.06. The van der Waals surface area contributed by atoms with Crippen molar-refractivity contribution in [3.8, 4) is 18.1 Å². The molecule has 0 aromatic heterocycles. The lowest BCUT2D eigenvalue weighted by molar-refractivity contribution is 0.0283. The predicted octanol–water partition coefficient (Wildman–Crippen LogP) is 2.98. The first kappa shape index (κ1) is 22.6. The van der Waals surface area contributed by atoms with Crippen molar-refractivity contribution >= 4 is 29.9 Å². The molecular weight excluding hydrogens is 441 g/mol. The van der Waals surface area contributed by atoms with E-state index in [0.717, 1.165) is 50.7 Å². The first-order valence-corrected chi connectivity index (χ1v) is 8.96. The molecule has 144 valence electrons. The van der Waals surface area contributed by atoms with E-state index < -0.39 is 0 Å². The monoisotopic (exact) mass is 471 g/mol. The standard InChI is InChI=1S/C20H29N3O2.HI/c1-4-14-24-18-9-7-17(8-10-18)11-13-22-19(21-5-2)23-16-20(3)12-6-15-25-20;/h1,7-10H,5-6,11-16H2,2-3H3,(H2,21,22,23);1H. The van der Waals surface area contributed by atoms with Crippen LogP contribution < -0.4 is 15.4 Å². The molecule has 1 aliphatic rings. The molecule has 0 aliphatic carbocycles. The van der Waals surface area contributed by atoms with Crippen molar-refractivity contribution in [3.63, 3.8) is 0 Å². The highest BCUT2D eigenvalue weighted by Gasteiger charge is 2.29. The fourth-order valence-electron chi connectivity index (χ4n) is 2.75. The first-order chi connectivity index (χ1) is 12.1. The van der Waals surface area contributed by atoms with Gasteiger partial charge in [-0.25, -0.2) is 0 Å². The minimum Gasteiger partial charge on any atom is -0.481 e. The molecule has 1 aromatic rings. The van der Waals surface area contributed by atoms with Crippen LogP contribution in [-0.2, 0) is 11.2 Å². The van der Waals surface area contributed by atoms with Gasteiger partial charge in [0.2, 0.25) is 0 Å². The van der Waals surface area contributed by atoms with Crippen molar-refractivity contribution in [2.75, 3.05) is 32.8 Å². The Morgan fingerprint density at radius 2 is 2.12 bits per heavy atom. The zero-order valence-electron chi connectivity index (χ0n) is 15.7. The van der Waals surface area contributed by atoms with Gasteiger partial charge in [0.1, 0.15) is 12.4 Å². The Morgan fingerprint density at radius 1 is 1.35 bits per heavy atom. The van der Waals surface area contributed by atoms with Gasteiger partial charge in [0, 0.05) is 19.7 Å². The number of terminal acetylenes is 1. The molecule has 2 N–H and O–H groups in total. The van der Waals surface area contributed by atoms with Crippen molar-refractivity contribution in [2.45, 2.75) is 38.7 Å². The lowest BCUT2D eigenvalue weighted by Gasteiger charge is -2.21. The minimum absolute atomic E-state index is 0. The van der Waals surface area contributed by atoms with Crippen LogP contribution in [0.1, 0.15) is 32.3 Å². The Hall–Kier alpha value is -1.46. The molecule has 0 spiro atoms. The number of guanidine groups is 1. The summed E-state index contributed by atoms with van der Waals surface area (Å²) in [5, 5.41) is 6.67. The third kappa shape index (κ3) is 7.83. The van der Waals surface area contributed by atoms with Gasteiger partial charge in [0.15, 0.2) is 5.96 Å². The molecule has 2 rings (SSSR count). The van der Waals surface area contributed by atoms with Crippen LogP contribution in [0.5, 0.6) is 5.75 Å². The summed E-state index contributed by atoms with van der Waals surface area (Å²) in [7, 11) is 0. The molecule has 1 saturated heterocycles. The van der Waals surface area contributed by atoms with Gasteiger partial charge in [-0.2, -0.15) is 0 Å². The molecule has 0 radical (unpaired) electrons. The van der Waals surface area contributed by atoms with Gasteiger partial charge in [0.05, 0.1) is 12.1 Å². The highest BCUT2D eigenvalue weighted by molar-refractivity contribution is 14.0. The Balaban J connectivity index is 0.00000338. The maximum atomic E-state index is 5.80. The summed E-state index contributed by atoms with van der Waals surface area (Å²) >= 11 is 0. The van der Waals surface area contributed by atoms with Gasteiger partial charge >= 0.3 is 0 Å². The summed E-state index contributed by atoms with van der Waals surface area (Å²) in [5.41, 5.74) is 1.12. The third-order valence-corrected chi connectivity index (χ3v) is 4.17. The van der Waals surface area contributed by atoms with Crippen molar-refractivity contribution in [3.05, 3.63) is 29.8 Å². The van der Waals surface area contributed by atoms with Gasteiger partial charge in [-0.3, -0.25) is 4.99 Å². The normalized spacial score (nSPS) is 19.3. The Labute approximate surface area is 174 Å². The molecule has 1 atom stereocenters. The maximum absolute atomic E-state index is 5.80. The summed E-state index contributed by atoms with van der Waals surface area (Å²) in [6.07, 6.45) is 8.30. The molecule has 1 unspecified atom stereocenters. The van der Waals surface area contributed by atoms with Crippen LogP contribution in [-0.4, -0.2) is 44.4 Å². The lowest BCUT2D eigenvalue weighted by Crippen LogP contribution is -2.40. The molecular formula is C20H30IN3O2. The summed E-state index contributed by atoms with van der Waals surface area (Å²) in [6, 6.07) is 8.02. The predicted molar refractivity (Wildman–Crippen MR) is 117 cm³/mol. The SMILES string of the molecule is C#CCOc1ccc(CCNC(=NCC2(C)CCCO2)NCC)cc1.I. The highest BCUT2D eigenvalue weighted by atomic mass is 127. The Bertz CT molecular complexity index is 590. The number of rotatable bonds is 8. The van der Waals surface area contributed by atoms with E-state index in [4.69, 9.17) is 15.9 Å². The van der Waals surface area contributed by atoms with Crippen molar-refractivity contribution in [2.24, 2.45) is 4.99 Å². The van der Waals surface area contributed by atoms with Crippen LogP contribution in [0.3, 0.4) is 0 Å². The minimum atomic E-state index is -0.115. The molecule has 5 nitrogen and oxygen atoms in total. The zero-order chi connectivity index (χ0) is 18.0. The fraction of sp³-hybridized carbons (Fsp3) is 0.550. The molecule has 1 aliphatic heterocycles. The lowest BCUT2D eigenvalue weighted by atomic mass is 10.0. The van der Waals surface area contributed by atoms with Gasteiger partial charge in [-0.1, -0.05) is 18.1 Å². The second-order valence-corrected chi connectivity index (χ2v) is 6.41. The molecule has 0 saturated carbocycles. The van der Waals surface area contributed by atoms with E-state index in [1.807, 2.05) is 12.1 Å². The molecule has 1 fully saturated rings. The quantitative estimate of drug-likeness (QED) is 0.265. The van der Waals surface area contributed by atoms with Crippen LogP contribution in [0.15, 0.2) is 29.3 Å². The van der Waals surface area contributed by atoms with Crippen LogP contribution >= 0.6 is 24.0 Å². The Morgan fingerprint density at radius 3 is 2.73 bits per heavy atom. The summed E-state index contributed by atoms with van der Waals surface area (Å²) in [5.74, 6) is 4.10. The second kappa shape index (κ2) is 12.0.